The van der Waals surface area contributed by atoms with Crippen LogP contribution < -0.4 is 5.32 Å². The number of nitrogens with one attached hydrogen (secondary N) is 1. The fraction of sp³-hybridized carbons (Fsp3) is 0.385. The van der Waals surface area contributed by atoms with Crippen LogP contribution in [0, 0.1) is 0 Å². The highest BCUT2D eigenvalue weighted by molar-refractivity contribution is 6.07. The topological polar surface area (TPSA) is 58.6 Å². The second-order valence-corrected chi connectivity index (χ2v) is 8.49. The third kappa shape index (κ3) is 4.88. The van der Waals surface area contributed by atoms with Gasteiger partial charge in [-0.15, -0.1) is 0 Å². The highest BCUT2D eigenvalue weighted by Gasteiger charge is 2.50. The van der Waals surface area contributed by atoms with Gasteiger partial charge in [0.1, 0.15) is 5.60 Å². The van der Waals surface area contributed by atoms with Gasteiger partial charge in [-0.25, -0.2) is 4.79 Å². The van der Waals surface area contributed by atoms with Crippen LogP contribution in [0.15, 0.2) is 71.8 Å². The van der Waals surface area contributed by atoms with Gasteiger partial charge >= 0.3 is 5.97 Å². The van der Waals surface area contributed by atoms with Gasteiger partial charge < -0.3 is 10.1 Å². The Kier molecular flexibility index (Phi) is 6.52. The van der Waals surface area contributed by atoms with Crippen LogP contribution in [0.5, 0.6) is 0 Å². The fourth-order valence-electron chi connectivity index (χ4n) is 4.62. The number of nitrogens with zero attached hydrogens (tertiary/aromatic N) is 1. The van der Waals surface area contributed by atoms with Crippen molar-refractivity contribution in [2.75, 3.05) is 19.6 Å². The zero-order chi connectivity index (χ0) is 21.7. The first-order chi connectivity index (χ1) is 15.1. The third-order valence-corrected chi connectivity index (χ3v) is 6.34. The Morgan fingerprint density at radius 1 is 1.00 bits per heavy atom. The number of piperidine rings is 1. The largest absolute Gasteiger partial charge is 0.450 e. The maximum Gasteiger partial charge on any atom is 0.335 e. The normalized spacial score (nSPS) is 18.3. The minimum Gasteiger partial charge on any atom is -0.450 e. The van der Waals surface area contributed by atoms with E-state index in [9.17, 15) is 9.59 Å². The molecule has 0 bridgehead atoms. The van der Waals surface area contributed by atoms with Gasteiger partial charge in [0, 0.05) is 44.6 Å². The molecule has 0 atom stereocenters. The van der Waals surface area contributed by atoms with Gasteiger partial charge in [0.15, 0.2) is 0 Å². The molecular formula is C26H30N2O3. The minimum absolute atomic E-state index is 0.159. The van der Waals surface area contributed by atoms with E-state index < -0.39 is 5.60 Å². The zero-order valence-electron chi connectivity index (χ0n) is 18.1. The Balaban J connectivity index is 1.34. The maximum atomic E-state index is 13.0. The number of hydrogen-bond donors (Lipinski definition) is 1. The molecule has 0 aromatic heterocycles. The molecule has 5 heteroatoms. The van der Waals surface area contributed by atoms with Crippen LogP contribution in [0.25, 0.3) is 0 Å². The summed E-state index contributed by atoms with van der Waals surface area (Å²) in [6.07, 6.45) is 3.06. The van der Waals surface area contributed by atoms with E-state index in [2.05, 4.69) is 34.5 Å². The van der Waals surface area contributed by atoms with Crippen LogP contribution in [0.3, 0.4) is 0 Å². The number of amides is 1. The number of hydrogen-bond acceptors (Lipinski definition) is 4. The molecule has 4 rings (SSSR count). The van der Waals surface area contributed by atoms with Crippen LogP contribution in [0.2, 0.25) is 0 Å². The quantitative estimate of drug-likeness (QED) is 0.551. The highest BCUT2D eigenvalue weighted by atomic mass is 16.6. The SMILES string of the molecule is CC1=C(C(=O)NCCCc2ccccc2)C2(CCN(Cc3ccccc3)CC2)OC1=O. The van der Waals surface area contributed by atoms with Crippen molar-refractivity contribution in [1.29, 1.82) is 0 Å². The molecule has 162 valence electrons. The number of aryl methyl sites for hydroxylation is 1. The molecule has 31 heavy (non-hydrogen) atoms. The Morgan fingerprint density at radius 3 is 2.26 bits per heavy atom. The predicted molar refractivity (Wildman–Crippen MR) is 120 cm³/mol. The molecule has 1 spiro atoms. The molecule has 0 radical (unpaired) electrons. The fourth-order valence-corrected chi connectivity index (χ4v) is 4.62. The van der Waals surface area contributed by atoms with E-state index in [0.717, 1.165) is 32.5 Å². The molecule has 2 aromatic rings. The molecule has 5 nitrogen and oxygen atoms in total. The van der Waals surface area contributed by atoms with Gasteiger partial charge in [-0.05, 0) is 30.9 Å². The third-order valence-electron chi connectivity index (χ3n) is 6.34. The van der Waals surface area contributed by atoms with Crippen LogP contribution in [0.4, 0.5) is 0 Å². The molecule has 2 aliphatic heterocycles. The Hall–Kier alpha value is -2.92. The molecule has 2 aliphatic rings. The summed E-state index contributed by atoms with van der Waals surface area (Å²) < 4.78 is 5.81. The molecule has 2 aromatic carbocycles. The van der Waals surface area contributed by atoms with Crippen molar-refractivity contribution >= 4 is 11.9 Å². The van der Waals surface area contributed by atoms with E-state index >= 15 is 0 Å². The first-order valence-electron chi connectivity index (χ1n) is 11.1. The summed E-state index contributed by atoms with van der Waals surface area (Å²) >= 11 is 0. The summed E-state index contributed by atoms with van der Waals surface area (Å²) in [4.78, 5) is 27.8. The second-order valence-electron chi connectivity index (χ2n) is 8.49. The lowest BCUT2D eigenvalue weighted by Crippen LogP contribution is -2.48. The van der Waals surface area contributed by atoms with Crippen molar-refractivity contribution < 1.29 is 14.3 Å². The summed E-state index contributed by atoms with van der Waals surface area (Å²) in [7, 11) is 0. The molecule has 2 heterocycles. The first kappa shape index (κ1) is 21.3. The second kappa shape index (κ2) is 9.48. The van der Waals surface area contributed by atoms with E-state index in [1.165, 1.54) is 11.1 Å². The van der Waals surface area contributed by atoms with Crippen molar-refractivity contribution in [2.24, 2.45) is 0 Å². The molecule has 1 N–H and O–H groups in total. The van der Waals surface area contributed by atoms with E-state index in [0.29, 0.717) is 30.5 Å². The number of esters is 1. The summed E-state index contributed by atoms with van der Waals surface area (Å²) in [5.74, 6) is -0.515. The summed E-state index contributed by atoms with van der Waals surface area (Å²) in [5, 5.41) is 3.03. The average Bonchev–Trinajstić information content (AvgIpc) is 3.04. The van der Waals surface area contributed by atoms with Crippen molar-refractivity contribution in [3.63, 3.8) is 0 Å². The molecule has 0 saturated carbocycles. The first-order valence-corrected chi connectivity index (χ1v) is 11.1. The number of benzene rings is 2. The van der Waals surface area contributed by atoms with Crippen LogP contribution >= 0.6 is 0 Å². The van der Waals surface area contributed by atoms with E-state index in [1.807, 2.05) is 36.4 Å². The molecule has 0 unspecified atom stereocenters. The molecule has 1 amide bonds. The van der Waals surface area contributed by atoms with E-state index in [-0.39, 0.29) is 11.9 Å². The predicted octanol–water partition coefficient (Wildman–Crippen LogP) is 3.64. The zero-order valence-corrected chi connectivity index (χ0v) is 18.1. The smallest absolute Gasteiger partial charge is 0.335 e. The monoisotopic (exact) mass is 418 g/mol. The van der Waals surface area contributed by atoms with Gasteiger partial charge in [-0.3, -0.25) is 9.69 Å². The van der Waals surface area contributed by atoms with Gasteiger partial charge in [0.2, 0.25) is 0 Å². The lowest BCUT2D eigenvalue weighted by atomic mass is 9.82. The van der Waals surface area contributed by atoms with Crippen LogP contribution in [-0.2, 0) is 27.3 Å². The van der Waals surface area contributed by atoms with E-state index in [4.69, 9.17) is 4.74 Å². The lowest BCUT2D eigenvalue weighted by Gasteiger charge is -2.39. The van der Waals surface area contributed by atoms with Gasteiger partial charge in [0.05, 0.1) is 5.57 Å². The van der Waals surface area contributed by atoms with Crippen LogP contribution in [0.1, 0.15) is 37.3 Å². The van der Waals surface area contributed by atoms with Crippen LogP contribution in [-0.4, -0.2) is 42.0 Å². The molecule has 1 fully saturated rings. The summed E-state index contributed by atoms with van der Waals surface area (Å²) in [6, 6.07) is 20.6. The van der Waals surface area contributed by atoms with Crippen molar-refractivity contribution in [1.82, 2.24) is 10.2 Å². The van der Waals surface area contributed by atoms with Gasteiger partial charge in [0.25, 0.3) is 5.91 Å². The minimum atomic E-state index is -0.780. The lowest BCUT2D eigenvalue weighted by molar-refractivity contribution is -0.151. The summed E-state index contributed by atoms with van der Waals surface area (Å²) in [6.45, 7) is 4.75. The summed E-state index contributed by atoms with van der Waals surface area (Å²) in [5.41, 5.74) is 2.74. The number of carbonyl (C=O) groups is 2. The number of likely N-dealkylation sites (tertiary alicyclic amines) is 1. The highest BCUT2D eigenvalue weighted by Crippen LogP contribution is 2.41. The maximum absolute atomic E-state index is 13.0. The Morgan fingerprint density at radius 2 is 1.61 bits per heavy atom. The number of rotatable bonds is 7. The van der Waals surface area contributed by atoms with Crippen molar-refractivity contribution in [3.8, 4) is 0 Å². The van der Waals surface area contributed by atoms with Gasteiger partial charge in [-0.2, -0.15) is 0 Å². The van der Waals surface area contributed by atoms with Crippen molar-refractivity contribution in [2.45, 2.75) is 44.8 Å². The number of carbonyl (C=O) groups excluding carboxylic acids is 2. The van der Waals surface area contributed by atoms with E-state index in [1.54, 1.807) is 6.92 Å². The van der Waals surface area contributed by atoms with Gasteiger partial charge in [-0.1, -0.05) is 60.7 Å². The molecule has 0 aliphatic carbocycles. The molecule has 1 saturated heterocycles. The van der Waals surface area contributed by atoms with Crippen molar-refractivity contribution in [3.05, 3.63) is 82.9 Å². The Labute approximate surface area is 184 Å². The molecular weight excluding hydrogens is 388 g/mol. The Bertz CT molecular complexity index is 945. The average molecular weight is 419 g/mol. The number of ether oxygens (including phenoxy) is 1. The standard InChI is InChI=1S/C26H30N2O3/c1-20-23(24(29)27-16-8-13-21-9-4-2-5-10-21)26(31-25(20)30)14-17-28(18-15-26)19-22-11-6-3-7-12-22/h2-7,9-12H,8,13-19H2,1H3,(H,27,29).